The third-order valence-corrected chi connectivity index (χ3v) is 5.42. The molecule has 1 N–H and O–H groups in total. The molecule has 0 heterocycles. The highest BCUT2D eigenvalue weighted by Crippen LogP contribution is 2.30. The molecule has 0 aliphatic heterocycles. The summed E-state index contributed by atoms with van der Waals surface area (Å²) in [7, 11) is -4.37. The molecule has 0 aliphatic carbocycles. The summed E-state index contributed by atoms with van der Waals surface area (Å²) in [6, 6.07) is 4.61. The summed E-state index contributed by atoms with van der Waals surface area (Å²) in [6.45, 7) is 0. The minimum atomic E-state index is -4.37. The highest BCUT2D eigenvalue weighted by molar-refractivity contribution is 9.11. The normalized spacial score (nSPS) is 11.5. The first-order valence-corrected chi connectivity index (χ1v) is 8.40. The van der Waals surface area contributed by atoms with Crippen LogP contribution in [-0.4, -0.2) is 8.42 Å². The molecule has 9 heteroatoms. The van der Waals surface area contributed by atoms with Gasteiger partial charge in [0, 0.05) is 15.0 Å². The Kier molecular flexibility index (Phi) is 4.64. The van der Waals surface area contributed by atoms with Crippen LogP contribution in [0.3, 0.4) is 0 Å². The number of hydrogen-bond acceptors (Lipinski definition) is 2. The lowest BCUT2D eigenvalue weighted by Crippen LogP contribution is -2.16. The summed E-state index contributed by atoms with van der Waals surface area (Å²) in [6.07, 6.45) is 0. The molecule has 0 spiro atoms. The average molecular weight is 445 g/mol. The lowest BCUT2D eigenvalue weighted by atomic mass is 10.3. The lowest BCUT2D eigenvalue weighted by Gasteiger charge is -2.12. The van der Waals surface area contributed by atoms with Crippen molar-refractivity contribution < 1.29 is 21.6 Å². The van der Waals surface area contributed by atoms with E-state index in [-0.39, 0.29) is 14.6 Å². The number of anilines is 1. The van der Waals surface area contributed by atoms with Gasteiger partial charge in [-0.2, -0.15) is 0 Å². The fourth-order valence-electron chi connectivity index (χ4n) is 1.56. The SMILES string of the molecule is O=S(=O)(Nc1cc(F)ccc1Br)c1c(F)cc(F)cc1Br. The van der Waals surface area contributed by atoms with Gasteiger partial charge in [-0.25, -0.2) is 21.6 Å². The van der Waals surface area contributed by atoms with Gasteiger partial charge in [-0.15, -0.1) is 0 Å². The molecule has 21 heavy (non-hydrogen) atoms. The summed E-state index contributed by atoms with van der Waals surface area (Å²) < 4.78 is 66.2. The minimum Gasteiger partial charge on any atom is -0.278 e. The van der Waals surface area contributed by atoms with Crippen molar-refractivity contribution in [3.63, 3.8) is 0 Å². The van der Waals surface area contributed by atoms with Crippen LogP contribution in [0, 0.1) is 17.5 Å². The molecule has 0 aromatic heterocycles. The molecule has 2 rings (SSSR count). The van der Waals surface area contributed by atoms with Crippen molar-refractivity contribution in [2.24, 2.45) is 0 Å². The number of sulfonamides is 1. The van der Waals surface area contributed by atoms with Crippen molar-refractivity contribution in [2.75, 3.05) is 4.72 Å². The molecular formula is C12H6Br2F3NO2S. The molecule has 112 valence electrons. The number of benzene rings is 2. The predicted molar refractivity (Wildman–Crippen MR) is 79.0 cm³/mol. The van der Waals surface area contributed by atoms with Crippen LogP contribution in [-0.2, 0) is 10.0 Å². The van der Waals surface area contributed by atoms with Gasteiger partial charge in [0.05, 0.1) is 5.69 Å². The van der Waals surface area contributed by atoms with Crippen molar-refractivity contribution in [1.29, 1.82) is 0 Å². The molecule has 0 bridgehead atoms. The molecule has 2 aromatic rings. The van der Waals surface area contributed by atoms with Gasteiger partial charge in [0.2, 0.25) is 0 Å². The number of nitrogens with one attached hydrogen (secondary N) is 1. The summed E-state index contributed by atoms with van der Waals surface area (Å²) in [5, 5.41) is 0. The van der Waals surface area contributed by atoms with Crippen molar-refractivity contribution in [2.45, 2.75) is 4.90 Å². The van der Waals surface area contributed by atoms with Gasteiger partial charge in [0.25, 0.3) is 10.0 Å². The van der Waals surface area contributed by atoms with E-state index in [1.54, 1.807) is 0 Å². The van der Waals surface area contributed by atoms with Crippen molar-refractivity contribution in [1.82, 2.24) is 0 Å². The summed E-state index contributed by atoms with van der Waals surface area (Å²) >= 11 is 5.84. The van der Waals surface area contributed by atoms with Gasteiger partial charge in [-0.1, -0.05) is 0 Å². The van der Waals surface area contributed by atoms with Gasteiger partial charge in [-0.05, 0) is 56.1 Å². The van der Waals surface area contributed by atoms with E-state index in [2.05, 4.69) is 31.9 Å². The van der Waals surface area contributed by atoms with E-state index in [1.165, 1.54) is 6.07 Å². The Morgan fingerprint density at radius 3 is 2.19 bits per heavy atom. The smallest absolute Gasteiger partial charge is 0.265 e. The van der Waals surface area contributed by atoms with E-state index >= 15 is 0 Å². The maximum atomic E-state index is 13.7. The molecule has 0 amide bonds. The molecule has 0 radical (unpaired) electrons. The number of rotatable bonds is 3. The van der Waals surface area contributed by atoms with Crippen LogP contribution in [0.5, 0.6) is 0 Å². The standard InChI is InChI=1S/C12H6Br2F3NO2S/c13-8-2-1-6(15)5-11(8)18-21(19,20)12-9(14)3-7(16)4-10(12)17/h1-5,18H. The average Bonchev–Trinajstić information content (AvgIpc) is 2.31. The van der Waals surface area contributed by atoms with Crippen LogP contribution in [0.1, 0.15) is 0 Å². The van der Waals surface area contributed by atoms with Gasteiger partial charge in [0.1, 0.15) is 22.3 Å². The van der Waals surface area contributed by atoms with Gasteiger partial charge in [-0.3, -0.25) is 4.72 Å². The third kappa shape index (κ3) is 3.58. The second kappa shape index (κ2) is 5.98. The fourth-order valence-corrected chi connectivity index (χ4v) is 4.27. The van der Waals surface area contributed by atoms with Crippen LogP contribution < -0.4 is 4.72 Å². The molecule has 0 saturated carbocycles. The molecule has 0 saturated heterocycles. The molecular weight excluding hydrogens is 439 g/mol. The molecule has 2 aromatic carbocycles. The van der Waals surface area contributed by atoms with Crippen LogP contribution >= 0.6 is 31.9 Å². The van der Waals surface area contributed by atoms with Crippen LogP contribution in [0.4, 0.5) is 18.9 Å². The van der Waals surface area contributed by atoms with Crippen molar-refractivity contribution in [3.05, 3.63) is 56.7 Å². The first-order chi connectivity index (χ1) is 9.70. The molecule has 0 unspecified atom stereocenters. The molecule has 3 nitrogen and oxygen atoms in total. The monoisotopic (exact) mass is 443 g/mol. The van der Waals surface area contributed by atoms with E-state index in [0.29, 0.717) is 6.07 Å². The second-order valence-corrected chi connectivity index (χ2v) is 7.26. The molecule has 0 atom stereocenters. The summed E-state index contributed by atoms with van der Waals surface area (Å²) in [5.41, 5.74) is -0.106. The predicted octanol–water partition coefficient (Wildman–Crippen LogP) is 4.43. The Hall–Kier alpha value is -1.06. The number of hydrogen-bond donors (Lipinski definition) is 1. The van der Waals surface area contributed by atoms with Gasteiger partial charge < -0.3 is 0 Å². The van der Waals surface area contributed by atoms with Crippen molar-refractivity contribution in [3.8, 4) is 0 Å². The van der Waals surface area contributed by atoms with E-state index < -0.39 is 32.4 Å². The van der Waals surface area contributed by atoms with Crippen LogP contribution in [0.2, 0.25) is 0 Å². The largest absolute Gasteiger partial charge is 0.278 e. The Balaban J connectivity index is 2.51. The zero-order chi connectivity index (χ0) is 15.8. The van der Waals surface area contributed by atoms with E-state index in [0.717, 1.165) is 18.2 Å². The number of halogens is 5. The maximum absolute atomic E-state index is 13.7. The van der Waals surface area contributed by atoms with Gasteiger partial charge in [0.15, 0.2) is 0 Å². The molecule has 0 fully saturated rings. The Labute approximate surface area is 135 Å². The van der Waals surface area contributed by atoms with Crippen LogP contribution in [0.25, 0.3) is 0 Å². The van der Waals surface area contributed by atoms with E-state index in [9.17, 15) is 21.6 Å². The molecule has 0 aliphatic rings. The summed E-state index contributed by atoms with van der Waals surface area (Å²) in [5.74, 6) is -2.86. The highest BCUT2D eigenvalue weighted by Gasteiger charge is 2.24. The van der Waals surface area contributed by atoms with E-state index in [1.807, 2.05) is 4.72 Å². The topological polar surface area (TPSA) is 46.2 Å². The Morgan fingerprint density at radius 2 is 1.57 bits per heavy atom. The minimum absolute atomic E-state index is 0.106. The Morgan fingerprint density at radius 1 is 0.905 bits per heavy atom. The first-order valence-electron chi connectivity index (χ1n) is 5.33. The van der Waals surface area contributed by atoms with E-state index in [4.69, 9.17) is 0 Å². The fraction of sp³-hybridized carbons (Fsp3) is 0. The third-order valence-electron chi connectivity index (χ3n) is 2.40. The lowest BCUT2D eigenvalue weighted by molar-refractivity contribution is 0.548. The second-order valence-electron chi connectivity index (χ2n) is 3.93. The quantitative estimate of drug-likeness (QED) is 0.761. The van der Waals surface area contributed by atoms with Gasteiger partial charge >= 0.3 is 0 Å². The van der Waals surface area contributed by atoms with Crippen molar-refractivity contribution >= 4 is 47.6 Å². The summed E-state index contributed by atoms with van der Waals surface area (Å²) in [4.78, 5) is -0.764. The maximum Gasteiger partial charge on any atom is 0.265 e. The zero-order valence-corrected chi connectivity index (χ0v) is 14.0. The van der Waals surface area contributed by atoms with Crippen LogP contribution in [0.15, 0.2) is 44.2 Å². The zero-order valence-electron chi connectivity index (χ0n) is 10.0. The Bertz CT molecular complexity index is 789. The highest BCUT2D eigenvalue weighted by atomic mass is 79.9. The first kappa shape index (κ1) is 16.3.